The molecule has 0 spiro atoms. The summed E-state index contributed by atoms with van der Waals surface area (Å²) in [7, 11) is 0. The Morgan fingerprint density at radius 2 is 1.12 bits per heavy atom. The van der Waals surface area contributed by atoms with Gasteiger partial charge >= 0.3 is 160 Å². The van der Waals surface area contributed by atoms with Gasteiger partial charge in [-0.2, -0.15) is 0 Å². The van der Waals surface area contributed by atoms with Gasteiger partial charge in [0.15, 0.2) is 0 Å². The molecule has 4 rings (SSSR count). The first-order chi connectivity index (χ1) is 12.9. The van der Waals surface area contributed by atoms with E-state index in [9.17, 15) is 0 Å². The second-order valence-electron chi connectivity index (χ2n) is 6.60. The molecule has 0 aromatic heterocycles. The van der Waals surface area contributed by atoms with E-state index in [1.165, 1.54) is 16.3 Å². The van der Waals surface area contributed by atoms with Gasteiger partial charge in [0.25, 0.3) is 0 Å². The van der Waals surface area contributed by atoms with E-state index >= 15 is 0 Å². The maximum absolute atomic E-state index is 5.62. The Kier molecular flexibility index (Phi) is 5.26. The summed E-state index contributed by atoms with van der Waals surface area (Å²) in [5, 5.41) is 0. The number of allylic oxidation sites excluding steroid dienone is 1. The van der Waals surface area contributed by atoms with E-state index < -0.39 is 18.4 Å². The SMILES string of the molecule is C1=COC/C(=[CH]/[Sn]([c]2ccccc2)([c]2ccccc2)[c]2ccccc2)C1. The summed E-state index contributed by atoms with van der Waals surface area (Å²) in [6.07, 6.45) is 4.92. The fourth-order valence-corrected chi connectivity index (χ4v) is 16.5. The van der Waals surface area contributed by atoms with Crippen LogP contribution in [0.2, 0.25) is 0 Å². The molecule has 0 saturated carbocycles. The third-order valence-electron chi connectivity index (χ3n) is 4.95. The van der Waals surface area contributed by atoms with Crippen LogP contribution in [0, 0.1) is 0 Å². The predicted octanol–water partition coefficient (Wildman–Crippen LogP) is 3.56. The summed E-state index contributed by atoms with van der Waals surface area (Å²) >= 11 is -3.28. The van der Waals surface area contributed by atoms with E-state index in [0.717, 1.165) is 6.42 Å². The third-order valence-corrected chi connectivity index (χ3v) is 18.0. The fraction of sp³-hybridized carbons (Fsp3) is 0.0833. The summed E-state index contributed by atoms with van der Waals surface area (Å²) in [5.74, 6) is 0. The normalized spacial score (nSPS) is 15.6. The molecular weight excluding hydrogens is 423 g/mol. The van der Waals surface area contributed by atoms with Crippen molar-refractivity contribution in [3.8, 4) is 0 Å². The molecule has 1 aliphatic heterocycles. The van der Waals surface area contributed by atoms with Crippen LogP contribution in [-0.2, 0) is 4.74 Å². The van der Waals surface area contributed by atoms with Crippen LogP contribution >= 0.6 is 0 Å². The first-order valence-corrected chi connectivity index (χ1v) is 15.0. The van der Waals surface area contributed by atoms with Gasteiger partial charge in [0, 0.05) is 0 Å². The van der Waals surface area contributed by atoms with Gasteiger partial charge in [-0.1, -0.05) is 0 Å². The zero-order chi connectivity index (χ0) is 17.7. The summed E-state index contributed by atoms with van der Waals surface area (Å²) in [6, 6.07) is 33.2. The average molecular weight is 445 g/mol. The van der Waals surface area contributed by atoms with Crippen LogP contribution in [0.4, 0.5) is 0 Å². The van der Waals surface area contributed by atoms with Gasteiger partial charge in [-0.15, -0.1) is 0 Å². The van der Waals surface area contributed by atoms with Crippen molar-refractivity contribution in [3.63, 3.8) is 0 Å². The number of rotatable bonds is 4. The van der Waals surface area contributed by atoms with Crippen molar-refractivity contribution < 1.29 is 4.74 Å². The van der Waals surface area contributed by atoms with Crippen LogP contribution in [0.1, 0.15) is 6.42 Å². The molecule has 0 atom stereocenters. The summed E-state index contributed by atoms with van der Waals surface area (Å²) in [4.78, 5) is 0. The summed E-state index contributed by atoms with van der Waals surface area (Å²) in [5.41, 5.74) is 1.39. The number of ether oxygens (including phenoxy) is 1. The Labute approximate surface area is 159 Å². The number of benzene rings is 3. The van der Waals surface area contributed by atoms with Crippen LogP contribution in [0.15, 0.2) is 113 Å². The third kappa shape index (κ3) is 3.36. The number of hydrogen-bond donors (Lipinski definition) is 0. The van der Waals surface area contributed by atoms with Crippen molar-refractivity contribution in [2.45, 2.75) is 6.42 Å². The standard InChI is InChI=1S/C6H7O.3C6H5.Sn/c1-6-3-2-4-7-5-6;3*1-2-4-6-5-3-1;/h1-2,4H,3,5H2;3*1-5H;. The molecule has 26 heavy (non-hydrogen) atoms. The van der Waals surface area contributed by atoms with E-state index in [0.29, 0.717) is 6.61 Å². The summed E-state index contributed by atoms with van der Waals surface area (Å²) < 4.78 is 12.6. The van der Waals surface area contributed by atoms with Crippen LogP contribution in [0.3, 0.4) is 0 Å². The van der Waals surface area contributed by atoms with Gasteiger partial charge in [-0.3, -0.25) is 0 Å². The Morgan fingerprint density at radius 1 is 0.654 bits per heavy atom. The van der Waals surface area contributed by atoms with Gasteiger partial charge in [-0.05, 0) is 0 Å². The fourth-order valence-electron chi connectivity index (χ4n) is 3.74. The monoisotopic (exact) mass is 446 g/mol. The van der Waals surface area contributed by atoms with E-state index in [4.69, 9.17) is 4.74 Å². The van der Waals surface area contributed by atoms with Crippen LogP contribution < -0.4 is 10.7 Å². The van der Waals surface area contributed by atoms with Crippen molar-refractivity contribution in [2.24, 2.45) is 0 Å². The number of hydrogen-bond acceptors (Lipinski definition) is 1. The van der Waals surface area contributed by atoms with E-state index in [-0.39, 0.29) is 0 Å². The predicted molar refractivity (Wildman–Crippen MR) is 112 cm³/mol. The van der Waals surface area contributed by atoms with Gasteiger partial charge in [0.1, 0.15) is 0 Å². The molecule has 0 fully saturated rings. The Hall–Kier alpha value is -2.26. The molecule has 0 unspecified atom stereocenters. The molecule has 0 radical (unpaired) electrons. The maximum atomic E-state index is 5.62. The second kappa shape index (κ2) is 7.96. The molecule has 0 N–H and O–H groups in total. The van der Waals surface area contributed by atoms with Gasteiger partial charge in [-0.25, -0.2) is 0 Å². The minimum atomic E-state index is -3.28. The molecular formula is C24H22OSn. The Morgan fingerprint density at radius 3 is 1.50 bits per heavy atom. The first kappa shape index (κ1) is 17.2. The molecule has 128 valence electrons. The molecule has 0 bridgehead atoms. The van der Waals surface area contributed by atoms with Gasteiger partial charge in [0.05, 0.1) is 0 Å². The van der Waals surface area contributed by atoms with Crippen LogP contribution in [0.5, 0.6) is 0 Å². The topological polar surface area (TPSA) is 9.23 Å². The van der Waals surface area contributed by atoms with Crippen molar-refractivity contribution in [2.75, 3.05) is 6.61 Å². The molecule has 0 saturated heterocycles. The van der Waals surface area contributed by atoms with E-state index in [1.807, 2.05) is 6.26 Å². The quantitative estimate of drug-likeness (QED) is 0.559. The molecule has 0 aliphatic carbocycles. The van der Waals surface area contributed by atoms with Crippen LogP contribution in [0.25, 0.3) is 0 Å². The Bertz CT molecular complexity index is 802. The van der Waals surface area contributed by atoms with Crippen molar-refractivity contribution in [3.05, 3.63) is 113 Å². The molecule has 0 amide bonds. The zero-order valence-electron chi connectivity index (χ0n) is 14.7. The Balaban J connectivity index is 2.02. The van der Waals surface area contributed by atoms with Gasteiger partial charge < -0.3 is 0 Å². The molecule has 1 heterocycles. The zero-order valence-corrected chi connectivity index (χ0v) is 17.6. The first-order valence-electron chi connectivity index (χ1n) is 9.03. The molecule has 2 heteroatoms. The van der Waals surface area contributed by atoms with E-state index in [1.54, 1.807) is 0 Å². The van der Waals surface area contributed by atoms with Gasteiger partial charge in [0.2, 0.25) is 0 Å². The van der Waals surface area contributed by atoms with E-state index in [2.05, 4.69) is 101 Å². The summed E-state index contributed by atoms with van der Waals surface area (Å²) in [6.45, 7) is 0.696. The minimum absolute atomic E-state index is 0.696. The van der Waals surface area contributed by atoms with Crippen molar-refractivity contribution >= 4 is 29.1 Å². The van der Waals surface area contributed by atoms with Crippen molar-refractivity contribution in [1.29, 1.82) is 0 Å². The second-order valence-corrected chi connectivity index (χ2v) is 17.0. The molecule has 1 nitrogen and oxygen atoms in total. The average Bonchev–Trinajstić information content (AvgIpc) is 2.75. The molecule has 3 aromatic rings. The molecule has 1 aliphatic rings. The van der Waals surface area contributed by atoms with Crippen molar-refractivity contribution in [1.82, 2.24) is 0 Å². The molecule has 3 aromatic carbocycles. The van der Waals surface area contributed by atoms with Crippen LogP contribution in [-0.4, -0.2) is 25.0 Å².